The van der Waals surface area contributed by atoms with Crippen LogP contribution >= 0.6 is 11.6 Å². The van der Waals surface area contributed by atoms with Crippen molar-refractivity contribution in [2.45, 2.75) is 12.8 Å². The molecule has 0 aliphatic rings. The Bertz CT molecular complexity index is 704. The van der Waals surface area contributed by atoms with Gasteiger partial charge in [0.15, 0.2) is 5.15 Å². The van der Waals surface area contributed by atoms with Crippen LogP contribution in [0.5, 0.6) is 0 Å². The third-order valence-corrected chi connectivity index (χ3v) is 3.06. The van der Waals surface area contributed by atoms with E-state index in [0.717, 1.165) is 16.8 Å². The molecule has 4 nitrogen and oxygen atoms in total. The zero-order chi connectivity index (χ0) is 15.6. The molecule has 0 unspecified atom stereocenters. The Morgan fingerprint density at radius 3 is 2.71 bits per heavy atom. The lowest BCUT2D eigenvalue weighted by Crippen LogP contribution is -2.06. The predicted molar refractivity (Wildman–Crippen MR) is 69.0 cm³/mol. The van der Waals surface area contributed by atoms with Crippen molar-refractivity contribution in [2.24, 2.45) is 0 Å². The topological polar surface area (TPSA) is 50.8 Å². The number of halogens is 4. The van der Waals surface area contributed by atoms with Gasteiger partial charge in [-0.3, -0.25) is 0 Å². The highest BCUT2D eigenvalue weighted by molar-refractivity contribution is 6.31. The number of hydrogen-bond donors (Lipinski definition) is 0. The molecule has 0 aliphatic heterocycles. The molecule has 2 rings (SSSR count). The second-order valence-electron chi connectivity index (χ2n) is 4.12. The summed E-state index contributed by atoms with van der Waals surface area (Å²) in [7, 11) is 1.42. The number of ether oxygens (including phenoxy) is 1. The highest BCUT2D eigenvalue weighted by atomic mass is 35.5. The lowest BCUT2D eigenvalue weighted by molar-refractivity contribution is -0.137. The molecule has 0 spiro atoms. The Balaban J connectivity index is 2.55. The molecule has 0 amide bonds. The maximum atomic E-state index is 12.7. The number of nitriles is 1. The smallest absolute Gasteiger partial charge is 0.378 e. The molecular formula is C13H9ClF3N3O. The number of nitrogens with zero attached hydrogens (tertiary/aromatic N) is 3. The second-order valence-corrected chi connectivity index (χ2v) is 4.48. The zero-order valence-corrected chi connectivity index (χ0v) is 11.5. The van der Waals surface area contributed by atoms with Crippen LogP contribution in [0.2, 0.25) is 5.15 Å². The Morgan fingerprint density at radius 1 is 1.43 bits per heavy atom. The van der Waals surface area contributed by atoms with E-state index in [1.54, 1.807) is 0 Å². The minimum absolute atomic E-state index is 0.0363. The molecule has 2 aromatic rings. The van der Waals surface area contributed by atoms with Gasteiger partial charge in [-0.1, -0.05) is 17.7 Å². The Hall–Kier alpha value is -2.04. The maximum Gasteiger partial charge on any atom is 0.416 e. The number of rotatable bonds is 3. The Morgan fingerprint density at radius 2 is 2.14 bits per heavy atom. The van der Waals surface area contributed by atoms with Crippen molar-refractivity contribution in [2.75, 3.05) is 7.11 Å². The standard InChI is InChI=1S/C13H9ClF3N3O/c1-21-7-11-10(6-18)12(14)20(19-11)9-4-2-3-8(5-9)13(15,16)17/h2-5H,7H2,1H3. The fourth-order valence-electron chi connectivity index (χ4n) is 1.77. The molecule has 0 fully saturated rings. The summed E-state index contributed by atoms with van der Waals surface area (Å²) in [5.74, 6) is 0. The summed E-state index contributed by atoms with van der Waals surface area (Å²) in [6, 6.07) is 6.40. The van der Waals surface area contributed by atoms with Crippen LogP contribution in [0.1, 0.15) is 16.8 Å². The van der Waals surface area contributed by atoms with Crippen molar-refractivity contribution in [3.63, 3.8) is 0 Å². The number of aromatic nitrogens is 2. The van der Waals surface area contributed by atoms with E-state index in [1.165, 1.54) is 19.2 Å². The Labute approximate surface area is 123 Å². The average molecular weight is 316 g/mol. The van der Waals surface area contributed by atoms with E-state index in [2.05, 4.69) is 5.10 Å². The molecule has 0 radical (unpaired) electrons. The SMILES string of the molecule is COCc1nn(-c2cccc(C(F)(F)F)c2)c(Cl)c1C#N. The molecule has 1 heterocycles. The quantitative estimate of drug-likeness (QED) is 0.870. The number of benzene rings is 1. The third kappa shape index (κ3) is 3.01. The lowest BCUT2D eigenvalue weighted by Gasteiger charge is -2.09. The van der Waals surface area contributed by atoms with E-state index in [0.29, 0.717) is 0 Å². The molecule has 1 aromatic carbocycles. The first-order chi connectivity index (χ1) is 9.88. The highest BCUT2D eigenvalue weighted by Gasteiger charge is 2.31. The van der Waals surface area contributed by atoms with Gasteiger partial charge in [0.2, 0.25) is 0 Å². The maximum absolute atomic E-state index is 12.7. The van der Waals surface area contributed by atoms with Crippen molar-refractivity contribution in [3.05, 3.63) is 46.2 Å². The van der Waals surface area contributed by atoms with Crippen LogP contribution in [-0.2, 0) is 17.5 Å². The first-order valence-electron chi connectivity index (χ1n) is 5.72. The van der Waals surface area contributed by atoms with Gasteiger partial charge in [-0.05, 0) is 18.2 Å². The van der Waals surface area contributed by atoms with Crippen LogP contribution in [0.3, 0.4) is 0 Å². The largest absolute Gasteiger partial charge is 0.416 e. The van der Waals surface area contributed by atoms with E-state index in [1.807, 2.05) is 6.07 Å². The van der Waals surface area contributed by atoms with Crippen LogP contribution in [0.25, 0.3) is 5.69 Å². The van der Waals surface area contributed by atoms with Crippen LogP contribution in [-0.4, -0.2) is 16.9 Å². The summed E-state index contributed by atoms with van der Waals surface area (Å²) in [5, 5.41) is 13.0. The van der Waals surface area contributed by atoms with Crippen LogP contribution < -0.4 is 0 Å². The lowest BCUT2D eigenvalue weighted by atomic mass is 10.2. The second kappa shape index (κ2) is 5.76. The van der Waals surface area contributed by atoms with E-state index in [9.17, 15) is 13.2 Å². The van der Waals surface area contributed by atoms with Gasteiger partial charge in [0.25, 0.3) is 0 Å². The van der Waals surface area contributed by atoms with Crippen molar-refractivity contribution in [3.8, 4) is 11.8 Å². The van der Waals surface area contributed by atoms with Gasteiger partial charge in [-0.2, -0.15) is 23.5 Å². The number of hydrogen-bond acceptors (Lipinski definition) is 3. The fraction of sp³-hybridized carbons (Fsp3) is 0.231. The van der Waals surface area contributed by atoms with E-state index in [4.69, 9.17) is 21.6 Å². The summed E-state index contributed by atoms with van der Waals surface area (Å²) < 4.78 is 44.1. The summed E-state index contributed by atoms with van der Waals surface area (Å²) in [5.41, 5.74) is -0.356. The molecule has 0 saturated heterocycles. The normalized spacial score (nSPS) is 11.4. The van der Waals surface area contributed by atoms with Crippen LogP contribution in [0.15, 0.2) is 24.3 Å². The van der Waals surface area contributed by atoms with Crippen molar-refractivity contribution >= 4 is 11.6 Å². The van der Waals surface area contributed by atoms with Gasteiger partial charge in [0.05, 0.1) is 17.9 Å². The third-order valence-electron chi connectivity index (χ3n) is 2.71. The molecular weight excluding hydrogens is 307 g/mol. The molecule has 0 saturated carbocycles. The molecule has 8 heteroatoms. The van der Waals surface area contributed by atoms with Crippen LogP contribution in [0, 0.1) is 11.3 Å². The van der Waals surface area contributed by atoms with Gasteiger partial charge in [-0.25, -0.2) is 4.68 Å². The minimum atomic E-state index is -4.47. The highest BCUT2D eigenvalue weighted by Crippen LogP contribution is 2.31. The summed E-state index contributed by atoms with van der Waals surface area (Å²) in [6.07, 6.45) is -4.47. The van der Waals surface area contributed by atoms with E-state index in [-0.39, 0.29) is 28.7 Å². The van der Waals surface area contributed by atoms with Gasteiger partial charge in [-0.15, -0.1) is 0 Å². The first kappa shape index (κ1) is 15.4. The molecule has 0 bridgehead atoms. The summed E-state index contributed by atoms with van der Waals surface area (Å²) in [4.78, 5) is 0. The molecule has 0 aliphatic carbocycles. The van der Waals surface area contributed by atoms with Gasteiger partial charge in [0.1, 0.15) is 17.3 Å². The van der Waals surface area contributed by atoms with Crippen LogP contribution in [0.4, 0.5) is 13.2 Å². The van der Waals surface area contributed by atoms with Gasteiger partial charge in [0, 0.05) is 7.11 Å². The zero-order valence-electron chi connectivity index (χ0n) is 10.8. The van der Waals surface area contributed by atoms with Gasteiger partial charge < -0.3 is 4.74 Å². The minimum Gasteiger partial charge on any atom is -0.378 e. The average Bonchev–Trinajstić information content (AvgIpc) is 2.75. The Kier molecular flexibility index (Phi) is 4.21. The first-order valence-corrected chi connectivity index (χ1v) is 6.10. The van der Waals surface area contributed by atoms with Gasteiger partial charge >= 0.3 is 6.18 Å². The van der Waals surface area contributed by atoms with Crippen molar-refractivity contribution in [1.29, 1.82) is 5.26 Å². The number of alkyl halides is 3. The molecule has 21 heavy (non-hydrogen) atoms. The molecule has 1 aromatic heterocycles. The number of methoxy groups -OCH3 is 1. The summed E-state index contributed by atoms with van der Waals surface area (Å²) >= 11 is 6.01. The molecule has 0 N–H and O–H groups in total. The monoisotopic (exact) mass is 315 g/mol. The van der Waals surface area contributed by atoms with E-state index >= 15 is 0 Å². The predicted octanol–water partition coefficient (Wildman–Crippen LogP) is 3.56. The summed E-state index contributed by atoms with van der Waals surface area (Å²) in [6.45, 7) is 0.0363. The van der Waals surface area contributed by atoms with E-state index < -0.39 is 11.7 Å². The molecule has 0 atom stereocenters. The fourth-order valence-corrected chi connectivity index (χ4v) is 2.06. The molecule has 110 valence electrons. The van der Waals surface area contributed by atoms with Crippen molar-refractivity contribution in [1.82, 2.24) is 9.78 Å². The van der Waals surface area contributed by atoms with Crippen molar-refractivity contribution < 1.29 is 17.9 Å².